The molecular weight excluding hydrogens is 1010 g/mol. The summed E-state index contributed by atoms with van der Waals surface area (Å²) < 4.78 is 0. The first-order valence-corrected chi connectivity index (χ1v) is 25.8. The van der Waals surface area contributed by atoms with Gasteiger partial charge in [-0.15, -0.1) is 0 Å². The molecule has 0 aliphatic heterocycles. The van der Waals surface area contributed by atoms with Crippen molar-refractivity contribution in [1.29, 1.82) is 0 Å². The second-order valence-electron chi connectivity index (χ2n) is 11.2. The number of rotatable bonds is 27. The zero-order valence-corrected chi connectivity index (χ0v) is 41.0. The molecular formula is C32H54O12S6Sn2. The molecule has 0 saturated heterocycles. The minimum atomic E-state index is -1.16. The fraction of sp³-hybridized carbons (Fsp3) is 0.812. The molecule has 0 radical (unpaired) electrons. The van der Waals surface area contributed by atoms with Gasteiger partial charge in [0.1, 0.15) is 0 Å². The second-order valence-corrected chi connectivity index (χ2v) is 13.9. The van der Waals surface area contributed by atoms with Crippen LogP contribution in [0.15, 0.2) is 0 Å². The zero-order valence-electron chi connectivity index (χ0n) is 29.9. The summed E-state index contributed by atoms with van der Waals surface area (Å²) in [5, 5.41) is 64.2. The van der Waals surface area contributed by atoms with E-state index < -0.39 is 52.1 Å². The second kappa shape index (κ2) is 39.7. The molecule has 0 spiro atoms. The Labute approximate surface area is 369 Å². The van der Waals surface area contributed by atoms with E-state index in [4.69, 9.17) is 0 Å². The van der Waals surface area contributed by atoms with Gasteiger partial charge in [-0.2, -0.15) is 75.8 Å². The van der Waals surface area contributed by atoms with E-state index in [0.717, 1.165) is 0 Å². The van der Waals surface area contributed by atoms with Crippen LogP contribution < -0.4 is 30.6 Å². The van der Waals surface area contributed by atoms with Crippen LogP contribution in [0.4, 0.5) is 0 Å². The van der Waals surface area contributed by atoms with E-state index in [0.29, 0.717) is 73.0 Å². The van der Waals surface area contributed by atoms with Gasteiger partial charge in [-0.25, -0.2) is 0 Å². The summed E-state index contributed by atoms with van der Waals surface area (Å²) in [4.78, 5) is 68.4. The van der Waals surface area contributed by atoms with Gasteiger partial charge in [0, 0.05) is 52.1 Å². The Bertz CT molecular complexity index is 843. The van der Waals surface area contributed by atoms with Crippen LogP contribution in [0.5, 0.6) is 0 Å². The molecule has 0 atom stereocenters. The van der Waals surface area contributed by atoms with Gasteiger partial charge < -0.3 is 59.4 Å². The Morgan fingerprint density at radius 3 is 0.615 bits per heavy atom. The molecule has 20 heteroatoms. The van der Waals surface area contributed by atoms with Crippen LogP contribution in [-0.2, 0) is 28.8 Å². The maximum absolute atomic E-state index is 11.1. The summed E-state index contributed by atoms with van der Waals surface area (Å²) in [5.74, 6) is -4.38. The molecule has 0 aromatic carbocycles. The van der Waals surface area contributed by atoms with Gasteiger partial charge in [-0.3, -0.25) is 0 Å². The number of thiol groups is 6. The molecule has 52 heavy (non-hydrogen) atoms. The minimum absolute atomic E-state index is 0.131. The molecule has 0 fully saturated rings. The summed E-state index contributed by atoms with van der Waals surface area (Å²) >= 11 is 27.2. The zero-order chi connectivity index (χ0) is 41.8. The van der Waals surface area contributed by atoms with Gasteiger partial charge in [0.25, 0.3) is 0 Å². The summed E-state index contributed by atoms with van der Waals surface area (Å²) in [7, 11) is 0. The molecule has 12 nitrogen and oxygen atoms in total. The van der Waals surface area contributed by atoms with Crippen molar-refractivity contribution in [1.82, 2.24) is 0 Å². The summed E-state index contributed by atoms with van der Waals surface area (Å²) in [6.07, 6.45) is 3.44. The molecule has 0 amide bonds. The Kier molecular flexibility index (Phi) is 47.2. The van der Waals surface area contributed by atoms with E-state index in [1.807, 2.05) is 0 Å². The number of carbonyl (C=O) groups excluding carboxylic acids is 6. The van der Waals surface area contributed by atoms with Crippen LogP contribution in [0.3, 0.4) is 0 Å². The molecule has 0 aliphatic rings. The summed E-state index contributed by atoms with van der Waals surface area (Å²) in [6, 6.07) is 0. The summed E-state index contributed by atoms with van der Waals surface area (Å²) in [5.41, 5.74) is -3.00. The standard InChI is InChI=1S/3C10H18O4S2.2CH3.2Sn/c3*11-8(12)2-1-3-10(4-6-15,5-7-16)9(13)14;;;;/h3*15-16H,1-7H2,(H,11,12)(H,13,14);2*1H3;;/q;;;;;2*+3/p-6. The van der Waals surface area contributed by atoms with E-state index >= 15 is 0 Å². The number of hydrogen-bond acceptors (Lipinski definition) is 18. The molecule has 0 N–H and O–H groups in total. The van der Waals surface area contributed by atoms with Crippen LogP contribution in [-0.4, -0.2) is 115 Å². The third-order valence-corrected chi connectivity index (χ3v) is 9.29. The van der Waals surface area contributed by atoms with Crippen molar-refractivity contribution in [3.8, 4) is 0 Å². The third kappa shape index (κ3) is 30.7. The van der Waals surface area contributed by atoms with Crippen molar-refractivity contribution in [3.05, 3.63) is 0 Å². The van der Waals surface area contributed by atoms with Crippen molar-refractivity contribution in [2.75, 3.05) is 34.5 Å². The molecule has 0 saturated carbocycles. The van der Waals surface area contributed by atoms with E-state index in [1.54, 1.807) is 45.0 Å². The van der Waals surface area contributed by atoms with Crippen molar-refractivity contribution < 1.29 is 59.4 Å². The SMILES string of the molecule is O=C([O-])CCCC(CCS)(CCS)C(=O)[O-].O=C([O-])CCCC(CCS)(CCS)C(=O)[O-].O=C([O-])CCCC(CCS)(CCS)C(=O)[O-].[CH3][Sn+3].[CH3][Sn+3]. The van der Waals surface area contributed by atoms with Gasteiger partial charge in [0.2, 0.25) is 0 Å². The van der Waals surface area contributed by atoms with E-state index in [9.17, 15) is 59.4 Å². The monoisotopic (exact) mass is 1060 g/mol. The Morgan fingerprint density at radius 2 is 0.519 bits per heavy atom. The van der Waals surface area contributed by atoms with Crippen molar-refractivity contribution in [2.45, 2.75) is 106 Å². The quantitative estimate of drug-likeness (QED) is 0.0397. The van der Waals surface area contributed by atoms with Gasteiger partial charge in [0.15, 0.2) is 0 Å². The first-order valence-electron chi connectivity index (χ1n) is 16.3. The number of hydrogen-bond donors (Lipinski definition) is 6. The fourth-order valence-electron chi connectivity index (χ4n) is 5.04. The van der Waals surface area contributed by atoms with Crippen LogP contribution in [0.1, 0.15) is 96.3 Å². The van der Waals surface area contributed by atoms with Crippen molar-refractivity contribution in [2.24, 2.45) is 16.2 Å². The number of carbonyl (C=O) groups is 6. The predicted molar refractivity (Wildman–Crippen MR) is 213 cm³/mol. The molecule has 298 valence electrons. The summed E-state index contributed by atoms with van der Waals surface area (Å²) in [6.45, 7) is 0. The number of carboxylic acids is 6. The number of aliphatic carboxylic acids is 6. The Hall–Kier alpha value is 0.517. The topological polar surface area (TPSA) is 241 Å². The van der Waals surface area contributed by atoms with Gasteiger partial charge in [-0.05, 0) is 131 Å². The van der Waals surface area contributed by atoms with Crippen molar-refractivity contribution in [3.63, 3.8) is 0 Å². The molecule has 0 bridgehead atoms. The van der Waals surface area contributed by atoms with Gasteiger partial charge in [0.05, 0.1) is 0 Å². The van der Waals surface area contributed by atoms with Crippen LogP contribution >= 0.6 is 75.8 Å². The molecule has 0 aromatic rings. The van der Waals surface area contributed by atoms with E-state index in [1.165, 1.54) is 0 Å². The molecule has 0 heterocycles. The average Bonchev–Trinajstić information content (AvgIpc) is 3.07. The molecule has 0 unspecified atom stereocenters. The Morgan fingerprint density at radius 1 is 0.365 bits per heavy atom. The third-order valence-electron chi connectivity index (χ3n) is 7.95. The van der Waals surface area contributed by atoms with E-state index in [-0.39, 0.29) is 57.8 Å². The maximum atomic E-state index is 11.1. The molecule has 0 rings (SSSR count). The van der Waals surface area contributed by atoms with Crippen LogP contribution in [0, 0.1) is 16.2 Å². The van der Waals surface area contributed by atoms with E-state index in [2.05, 4.69) is 85.7 Å². The molecule has 0 aliphatic carbocycles. The molecule has 0 aromatic heterocycles. The van der Waals surface area contributed by atoms with Crippen molar-refractivity contribution >= 4 is 157 Å². The fourth-order valence-corrected chi connectivity index (χ4v) is 7.61. The number of carboxylic acid groups (broad SMARTS) is 6. The normalized spacial score (nSPS) is 10.8. The predicted octanol–water partition coefficient (Wildman–Crippen LogP) is -1.75. The first kappa shape index (κ1) is 61.7. The van der Waals surface area contributed by atoms with Crippen LogP contribution in [0.2, 0.25) is 9.88 Å². The first-order chi connectivity index (χ1) is 24.4. The average molecular weight is 1060 g/mol. The van der Waals surface area contributed by atoms with Crippen LogP contribution in [0.25, 0.3) is 0 Å². The van der Waals surface area contributed by atoms with Gasteiger partial charge >= 0.3 is 54.9 Å². The Balaban J connectivity index is -0.000000202. The van der Waals surface area contributed by atoms with Gasteiger partial charge in [-0.1, -0.05) is 0 Å².